The number of carbonyl (C=O) groups is 2. The van der Waals surface area contributed by atoms with Crippen molar-refractivity contribution < 1.29 is 24.2 Å². The quantitative estimate of drug-likeness (QED) is 0.768. The molecule has 0 atom stereocenters. The Morgan fingerprint density at radius 2 is 1.86 bits per heavy atom. The van der Waals surface area contributed by atoms with Gasteiger partial charge in [0, 0.05) is 17.1 Å². The number of aromatic carboxylic acids is 2. The minimum Gasteiger partial charge on any atom is -0.478 e. The lowest BCUT2D eigenvalue weighted by Crippen LogP contribution is -1.98. The zero-order valence-corrected chi connectivity index (χ0v) is 10.8. The summed E-state index contributed by atoms with van der Waals surface area (Å²) in [5.41, 5.74) is 1.08. The average Bonchev–Trinajstić information content (AvgIpc) is 3.06. The van der Waals surface area contributed by atoms with Crippen LogP contribution in [-0.4, -0.2) is 26.7 Å². The van der Waals surface area contributed by atoms with Crippen molar-refractivity contribution in [1.82, 2.24) is 4.57 Å². The van der Waals surface area contributed by atoms with Gasteiger partial charge in [-0.2, -0.15) is 0 Å². The molecule has 2 heterocycles. The lowest BCUT2D eigenvalue weighted by molar-refractivity contribution is 0.0657. The Morgan fingerprint density at radius 3 is 2.52 bits per heavy atom. The molecule has 3 rings (SSSR count). The monoisotopic (exact) mass is 285 g/mol. The Kier molecular flexibility index (Phi) is 2.98. The van der Waals surface area contributed by atoms with Crippen molar-refractivity contribution in [3.8, 4) is 0 Å². The number of carboxylic acids is 2. The normalized spacial score (nSPS) is 10.9. The van der Waals surface area contributed by atoms with Crippen LogP contribution in [0.4, 0.5) is 0 Å². The molecule has 0 amide bonds. The summed E-state index contributed by atoms with van der Waals surface area (Å²) in [4.78, 5) is 21.7. The summed E-state index contributed by atoms with van der Waals surface area (Å²) in [6, 6.07) is 9.68. The SMILES string of the molecule is O=C(O)c1ccc2c(ccn2Cc2ccc(C(=O)O)o2)c1. The van der Waals surface area contributed by atoms with Crippen molar-refractivity contribution in [3.63, 3.8) is 0 Å². The van der Waals surface area contributed by atoms with E-state index in [4.69, 9.17) is 14.6 Å². The molecule has 0 spiro atoms. The van der Waals surface area contributed by atoms with E-state index >= 15 is 0 Å². The lowest BCUT2D eigenvalue weighted by Gasteiger charge is -2.03. The van der Waals surface area contributed by atoms with Crippen LogP contribution in [0.1, 0.15) is 26.7 Å². The largest absolute Gasteiger partial charge is 0.478 e. The standard InChI is InChI=1S/C15H11NO5/c17-14(18)10-1-3-12-9(7-10)5-6-16(12)8-11-2-4-13(21-11)15(19)20/h1-7H,8H2,(H,17,18)(H,19,20). The third-order valence-electron chi connectivity index (χ3n) is 3.22. The molecule has 0 saturated carbocycles. The van der Waals surface area contributed by atoms with Crippen LogP contribution in [0.25, 0.3) is 10.9 Å². The van der Waals surface area contributed by atoms with Gasteiger partial charge >= 0.3 is 11.9 Å². The van der Waals surface area contributed by atoms with Crippen LogP contribution in [-0.2, 0) is 6.54 Å². The first-order valence-corrected chi connectivity index (χ1v) is 6.19. The van der Waals surface area contributed by atoms with Crippen LogP contribution in [0, 0.1) is 0 Å². The fourth-order valence-electron chi connectivity index (χ4n) is 2.22. The molecule has 1 aromatic carbocycles. The van der Waals surface area contributed by atoms with Gasteiger partial charge in [-0.15, -0.1) is 0 Å². The first-order chi connectivity index (χ1) is 10.0. The third-order valence-corrected chi connectivity index (χ3v) is 3.22. The van der Waals surface area contributed by atoms with Gasteiger partial charge in [0.25, 0.3) is 0 Å². The molecular weight excluding hydrogens is 274 g/mol. The Bertz CT molecular complexity index is 843. The maximum Gasteiger partial charge on any atom is 0.371 e. The molecule has 0 unspecified atom stereocenters. The van der Waals surface area contributed by atoms with Gasteiger partial charge in [-0.25, -0.2) is 9.59 Å². The minimum atomic E-state index is -1.11. The Hall–Kier alpha value is -3.02. The second-order valence-electron chi connectivity index (χ2n) is 4.59. The number of fused-ring (bicyclic) bond motifs is 1. The highest BCUT2D eigenvalue weighted by Crippen LogP contribution is 2.20. The van der Waals surface area contributed by atoms with E-state index in [2.05, 4.69) is 0 Å². The van der Waals surface area contributed by atoms with Gasteiger partial charge in [0.15, 0.2) is 0 Å². The van der Waals surface area contributed by atoms with E-state index in [0.29, 0.717) is 12.3 Å². The first kappa shape index (κ1) is 13.0. The van der Waals surface area contributed by atoms with Crippen molar-refractivity contribution in [3.05, 3.63) is 59.7 Å². The maximum atomic E-state index is 10.9. The smallest absolute Gasteiger partial charge is 0.371 e. The van der Waals surface area contributed by atoms with Crippen molar-refractivity contribution in [1.29, 1.82) is 0 Å². The highest BCUT2D eigenvalue weighted by Gasteiger charge is 2.11. The molecule has 0 aliphatic carbocycles. The van der Waals surface area contributed by atoms with Gasteiger partial charge in [-0.05, 0) is 36.4 Å². The van der Waals surface area contributed by atoms with E-state index in [-0.39, 0.29) is 11.3 Å². The van der Waals surface area contributed by atoms with Gasteiger partial charge in [0.1, 0.15) is 5.76 Å². The molecule has 3 aromatic rings. The van der Waals surface area contributed by atoms with E-state index in [9.17, 15) is 9.59 Å². The van der Waals surface area contributed by atoms with E-state index in [1.54, 1.807) is 24.4 Å². The molecule has 2 N–H and O–H groups in total. The summed E-state index contributed by atoms with van der Waals surface area (Å²) in [6.45, 7) is 0.378. The summed E-state index contributed by atoms with van der Waals surface area (Å²) >= 11 is 0. The van der Waals surface area contributed by atoms with Gasteiger partial charge in [-0.1, -0.05) is 0 Å². The number of hydrogen-bond donors (Lipinski definition) is 2. The van der Waals surface area contributed by atoms with E-state index in [1.165, 1.54) is 12.1 Å². The van der Waals surface area contributed by atoms with Crippen LogP contribution >= 0.6 is 0 Å². The average molecular weight is 285 g/mol. The lowest BCUT2D eigenvalue weighted by atomic mass is 10.1. The van der Waals surface area contributed by atoms with E-state index in [1.807, 2.05) is 10.6 Å². The molecule has 0 saturated heterocycles. The summed E-state index contributed by atoms with van der Waals surface area (Å²) < 4.78 is 7.08. The van der Waals surface area contributed by atoms with E-state index < -0.39 is 11.9 Å². The number of furan rings is 1. The summed E-state index contributed by atoms with van der Waals surface area (Å²) in [5, 5.41) is 18.6. The number of hydrogen-bond acceptors (Lipinski definition) is 3. The van der Waals surface area contributed by atoms with Gasteiger partial charge in [-0.3, -0.25) is 0 Å². The fourth-order valence-corrected chi connectivity index (χ4v) is 2.22. The number of nitrogens with zero attached hydrogens (tertiary/aromatic N) is 1. The van der Waals surface area contributed by atoms with Crippen LogP contribution in [0.15, 0.2) is 47.0 Å². The van der Waals surface area contributed by atoms with Gasteiger partial charge in [0.2, 0.25) is 5.76 Å². The number of rotatable bonds is 4. The maximum absolute atomic E-state index is 10.9. The van der Waals surface area contributed by atoms with Crippen LogP contribution in [0.2, 0.25) is 0 Å². The molecule has 6 heteroatoms. The van der Waals surface area contributed by atoms with E-state index in [0.717, 1.165) is 10.9 Å². The van der Waals surface area contributed by atoms with Crippen molar-refractivity contribution in [2.45, 2.75) is 6.54 Å². The minimum absolute atomic E-state index is 0.102. The predicted octanol–water partition coefficient (Wildman–Crippen LogP) is 2.68. The van der Waals surface area contributed by atoms with Gasteiger partial charge < -0.3 is 19.2 Å². The van der Waals surface area contributed by atoms with Crippen LogP contribution in [0.3, 0.4) is 0 Å². The van der Waals surface area contributed by atoms with Crippen LogP contribution < -0.4 is 0 Å². The van der Waals surface area contributed by atoms with Crippen molar-refractivity contribution in [2.24, 2.45) is 0 Å². The first-order valence-electron chi connectivity index (χ1n) is 6.19. The Labute approximate surface area is 118 Å². The summed E-state index contributed by atoms with van der Waals surface area (Å²) in [7, 11) is 0. The Balaban J connectivity index is 1.93. The summed E-state index contributed by atoms with van der Waals surface area (Å²) in [6.07, 6.45) is 1.80. The zero-order chi connectivity index (χ0) is 15.0. The number of carboxylic acid groups (broad SMARTS) is 2. The highest BCUT2D eigenvalue weighted by atomic mass is 16.4. The van der Waals surface area contributed by atoms with Crippen molar-refractivity contribution in [2.75, 3.05) is 0 Å². The second kappa shape index (κ2) is 4.82. The fraction of sp³-hybridized carbons (Fsp3) is 0.0667. The summed E-state index contributed by atoms with van der Waals surface area (Å²) in [5.74, 6) is -1.66. The van der Waals surface area contributed by atoms with Crippen molar-refractivity contribution >= 4 is 22.8 Å². The topological polar surface area (TPSA) is 92.7 Å². The van der Waals surface area contributed by atoms with Gasteiger partial charge in [0.05, 0.1) is 12.1 Å². The second-order valence-corrected chi connectivity index (χ2v) is 4.59. The molecule has 0 aliphatic heterocycles. The number of benzene rings is 1. The molecule has 0 aliphatic rings. The predicted molar refractivity (Wildman–Crippen MR) is 73.7 cm³/mol. The highest BCUT2D eigenvalue weighted by molar-refractivity contribution is 5.93. The molecule has 0 fully saturated rings. The molecule has 0 radical (unpaired) electrons. The Morgan fingerprint density at radius 1 is 1.05 bits per heavy atom. The molecule has 106 valence electrons. The number of aromatic nitrogens is 1. The third kappa shape index (κ3) is 2.38. The molecule has 21 heavy (non-hydrogen) atoms. The molecule has 0 bridgehead atoms. The zero-order valence-electron chi connectivity index (χ0n) is 10.8. The van der Waals surface area contributed by atoms with Crippen LogP contribution in [0.5, 0.6) is 0 Å². The molecular formula is C15H11NO5. The molecule has 2 aromatic heterocycles. The molecule has 6 nitrogen and oxygen atoms in total.